The highest BCUT2D eigenvalue weighted by atomic mass is 19.4. The van der Waals surface area contributed by atoms with Gasteiger partial charge in [-0.1, -0.05) is 0 Å². The van der Waals surface area contributed by atoms with Crippen molar-refractivity contribution in [2.45, 2.75) is 38.9 Å². The first kappa shape index (κ1) is 19.3. The highest BCUT2D eigenvalue weighted by molar-refractivity contribution is 6.00. The number of hydrogen-bond acceptors (Lipinski definition) is 4. The summed E-state index contributed by atoms with van der Waals surface area (Å²) in [4.78, 5) is 20.6. The summed E-state index contributed by atoms with van der Waals surface area (Å²) >= 11 is 0. The van der Waals surface area contributed by atoms with Crippen LogP contribution in [0.3, 0.4) is 0 Å². The summed E-state index contributed by atoms with van der Waals surface area (Å²) < 4.78 is 55.3. The summed E-state index contributed by atoms with van der Waals surface area (Å²) in [6, 6.07) is 1.22. The Balaban J connectivity index is 1.75. The van der Waals surface area contributed by atoms with Gasteiger partial charge in [-0.25, -0.2) is 14.5 Å². The summed E-state index contributed by atoms with van der Waals surface area (Å²) in [5, 5.41) is 6.12. The lowest BCUT2D eigenvalue weighted by Crippen LogP contribution is -2.46. The van der Waals surface area contributed by atoms with Crippen molar-refractivity contribution >= 4 is 11.6 Å². The number of nitrogens with one attached hydrogen (secondary N) is 1. The fourth-order valence-corrected chi connectivity index (χ4v) is 3.26. The van der Waals surface area contributed by atoms with Crippen molar-refractivity contribution in [2.24, 2.45) is 5.92 Å². The number of amides is 1. The second-order valence-electron chi connectivity index (χ2n) is 7.26. The molecule has 3 aromatic heterocycles. The van der Waals surface area contributed by atoms with Crippen molar-refractivity contribution in [3.63, 3.8) is 0 Å². The monoisotopic (exact) mass is 407 g/mol. The molecule has 29 heavy (non-hydrogen) atoms. The van der Waals surface area contributed by atoms with Crippen molar-refractivity contribution < 1.29 is 22.4 Å². The molecule has 1 N–H and O–H groups in total. The third-order valence-electron chi connectivity index (χ3n) is 4.88. The molecule has 1 atom stereocenters. The number of aromatic nitrogens is 4. The lowest BCUT2D eigenvalue weighted by atomic mass is 10.1. The summed E-state index contributed by atoms with van der Waals surface area (Å²) in [5.41, 5.74) is 1.55. The van der Waals surface area contributed by atoms with Gasteiger partial charge in [0.2, 0.25) is 5.95 Å². The van der Waals surface area contributed by atoms with Crippen LogP contribution in [0, 0.1) is 25.7 Å². The number of aryl methyl sites for hydroxylation is 2. The van der Waals surface area contributed by atoms with Crippen molar-refractivity contribution in [3.05, 3.63) is 47.3 Å². The van der Waals surface area contributed by atoms with Crippen molar-refractivity contribution in [1.82, 2.24) is 24.9 Å². The van der Waals surface area contributed by atoms with Crippen LogP contribution in [-0.2, 0) is 0 Å². The molecule has 0 aliphatic heterocycles. The van der Waals surface area contributed by atoms with Gasteiger partial charge in [0.15, 0.2) is 5.65 Å². The topological polar surface area (TPSA) is 72.2 Å². The van der Waals surface area contributed by atoms with E-state index in [2.05, 4.69) is 20.4 Å². The molecule has 3 heterocycles. The minimum absolute atomic E-state index is 0.0510. The predicted molar refractivity (Wildman–Crippen MR) is 95.7 cm³/mol. The highest BCUT2D eigenvalue weighted by Gasteiger charge is 2.49. The second kappa shape index (κ2) is 6.78. The minimum atomic E-state index is -4.54. The van der Waals surface area contributed by atoms with Gasteiger partial charge in [-0.3, -0.25) is 4.79 Å². The number of carbonyl (C=O) groups excluding carboxylic acids is 1. The first-order valence-corrected chi connectivity index (χ1v) is 9.00. The zero-order valence-corrected chi connectivity index (χ0v) is 15.6. The van der Waals surface area contributed by atoms with Gasteiger partial charge in [-0.2, -0.15) is 22.7 Å². The number of carbonyl (C=O) groups is 1. The molecule has 1 saturated carbocycles. The van der Waals surface area contributed by atoms with E-state index < -0.39 is 30.0 Å². The number of halogens is 4. The molecule has 1 fully saturated rings. The maximum Gasteiger partial charge on any atom is 0.408 e. The van der Waals surface area contributed by atoms with E-state index in [-0.39, 0.29) is 22.5 Å². The van der Waals surface area contributed by atoms with Gasteiger partial charge >= 0.3 is 6.18 Å². The molecule has 0 bridgehead atoms. The van der Waals surface area contributed by atoms with Gasteiger partial charge in [0.05, 0.1) is 17.5 Å². The summed E-state index contributed by atoms with van der Waals surface area (Å²) in [7, 11) is 0. The lowest BCUT2D eigenvalue weighted by molar-refractivity contribution is -0.158. The molecular formula is C19H17F4N5O. The third-order valence-corrected chi connectivity index (χ3v) is 4.88. The molecule has 1 amide bonds. The van der Waals surface area contributed by atoms with Crippen molar-refractivity contribution in [2.75, 3.05) is 0 Å². The Morgan fingerprint density at radius 3 is 2.62 bits per heavy atom. The maximum atomic E-state index is 14.2. The summed E-state index contributed by atoms with van der Waals surface area (Å²) in [6.07, 6.45) is -1.16. The van der Waals surface area contributed by atoms with Crippen LogP contribution in [0.2, 0.25) is 0 Å². The Kier molecular flexibility index (Phi) is 4.51. The van der Waals surface area contributed by atoms with Crippen LogP contribution in [0.15, 0.2) is 24.5 Å². The Morgan fingerprint density at radius 1 is 1.24 bits per heavy atom. The van der Waals surface area contributed by atoms with Gasteiger partial charge in [-0.15, -0.1) is 0 Å². The van der Waals surface area contributed by atoms with Gasteiger partial charge in [-0.05, 0) is 50.3 Å². The van der Waals surface area contributed by atoms with Crippen LogP contribution in [0.25, 0.3) is 16.9 Å². The van der Waals surface area contributed by atoms with Crippen LogP contribution in [-0.4, -0.2) is 37.7 Å². The lowest BCUT2D eigenvalue weighted by Gasteiger charge is -2.20. The zero-order chi connectivity index (χ0) is 20.9. The number of pyridine rings is 1. The predicted octanol–water partition coefficient (Wildman–Crippen LogP) is 3.62. The summed E-state index contributed by atoms with van der Waals surface area (Å²) in [5.74, 6) is -2.26. The molecule has 6 nitrogen and oxygen atoms in total. The Hall–Kier alpha value is -3.04. The molecule has 152 valence electrons. The molecule has 0 radical (unpaired) electrons. The standard InChI is InChI=1S/C19H17F4N5O/c1-9-5-12(16(20)24-7-9)14-6-10(2)28-17(26-14)13(8-25-28)18(29)27-15(11-3-4-11)19(21,22)23/h5-8,11,15H,3-4H2,1-2H3,(H,27,29). The van der Waals surface area contributed by atoms with Gasteiger partial charge in [0.25, 0.3) is 5.91 Å². The number of nitrogens with zero attached hydrogens (tertiary/aromatic N) is 4. The second-order valence-corrected chi connectivity index (χ2v) is 7.26. The van der Waals surface area contributed by atoms with E-state index in [1.165, 1.54) is 16.9 Å². The van der Waals surface area contributed by atoms with Crippen LogP contribution in [0.5, 0.6) is 0 Å². The Morgan fingerprint density at radius 2 is 1.97 bits per heavy atom. The van der Waals surface area contributed by atoms with Gasteiger partial charge in [0, 0.05) is 11.9 Å². The normalized spacial score (nSPS) is 15.5. The zero-order valence-electron chi connectivity index (χ0n) is 15.6. The van der Waals surface area contributed by atoms with Crippen LogP contribution >= 0.6 is 0 Å². The molecule has 0 saturated heterocycles. The van der Waals surface area contributed by atoms with E-state index in [4.69, 9.17) is 0 Å². The Bertz CT molecular complexity index is 1100. The van der Waals surface area contributed by atoms with Crippen LogP contribution in [0.4, 0.5) is 17.6 Å². The third kappa shape index (κ3) is 3.66. The average Bonchev–Trinajstić information content (AvgIpc) is 3.38. The smallest absolute Gasteiger partial charge is 0.340 e. The quantitative estimate of drug-likeness (QED) is 0.530. The number of rotatable bonds is 4. The minimum Gasteiger partial charge on any atom is -0.340 e. The fraction of sp³-hybridized carbons (Fsp3) is 0.368. The van der Waals surface area contributed by atoms with Crippen LogP contribution in [0.1, 0.15) is 34.5 Å². The van der Waals surface area contributed by atoms with Crippen LogP contribution < -0.4 is 5.32 Å². The van der Waals surface area contributed by atoms with E-state index in [1.807, 2.05) is 0 Å². The maximum absolute atomic E-state index is 14.2. The average molecular weight is 407 g/mol. The first-order valence-electron chi connectivity index (χ1n) is 9.00. The molecule has 1 aliphatic carbocycles. The first-order chi connectivity index (χ1) is 13.6. The SMILES string of the molecule is Cc1cnc(F)c(-c2cc(C)n3ncc(C(=O)NC(C4CC4)C(F)(F)F)c3n2)c1. The Labute approximate surface area is 163 Å². The van der Waals surface area contributed by atoms with Gasteiger partial charge in [0.1, 0.15) is 11.6 Å². The van der Waals surface area contributed by atoms with E-state index in [0.717, 1.165) is 0 Å². The van der Waals surface area contributed by atoms with Crippen molar-refractivity contribution in [1.29, 1.82) is 0 Å². The van der Waals surface area contributed by atoms with E-state index in [9.17, 15) is 22.4 Å². The van der Waals surface area contributed by atoms with Crippen molar-refractivity contribution in [3.8, 4) is 11.3 Å². The van der Waals surface area contributed by atoms with Gasteiger partial charge < -0.3 is 5.32 Å². The molecule has 0 aromatic carbocycles. The number of alkyl halides is 3. The largest absolute Gasteiger partial charge is 0.408 e. The van der Waals surface area contributed by atoms with E-state index >= 15 is 0 Å². The van der Waals surface area contributed by atoms with E-state index in [1.54, 1.807) is 26.0 Å². The number of fused-ring (bicyclic) bond motifs is 1. The molecule has 4 rings (SSSR count). The van der Waals surface area contributed by atoms with E-state index in [0.29, 0.717) is 24.1 Å². The molecule has 3 aromatic rings. The summed E-state index contributed by atoms with van der Waals surface area (Å²) in [6.45, 7) is 3.42. The highest BCUT2D eigenvalue weighted by Crippen LogP contribution is 2.40. The molecule has 0 spiro atoms. The molecule has 1 unspecified atom stereocenters. The molecular weight excluding hydrogens is 390 g/mol. The molecule has 1 aliphatic rings. The number of hydrogen-bond donors (Lipinski definition) is 1. The fourth-order valence-electron chi connectivity index (χ4n) is 3.26. The molecule has 10 heteroatoms.